The van der Waals surface area contributed by atoms with Crippen LogP contribution in [0.5, 0.6) is 11.5 Å². The van der Waals surface area contributed by atoms with Gasteiger partial charge in [-0.25, -0.2) is 0 Å². The SMILES string of the molecule is Cc1noc(C)c1COc1cccc(C(=O)Nc2ccc(OC(F)(F)F)cc2)c1. The molecule has 0 fully saturated rings. The van der Waals surface area contributed by atoms with Crippen molar-refractivity contribution in [2.75, 3.05) is 5.32 Å². The van der Waals surface area contributed by atoms with E-state index in [0.29, 0.717) is 22.8 Å². The maximum Gasteiger partial charge on any atom is 0.573 e. The Morgan fingerprint density at radius 1 is 1.10 bits per heavy atom. The summed E-state index contributed by atoms with van der Waals surface area (Å²) in [4.78, 5) is 12.4. The number of carbonyl (C=O) groups excluding carboxylic acids is 1. The molecule has 0 radical (unpaired) electrons. The second kappa shape index (κ2) is 8.26. The highest BCUT2D eigenvalue weighted by Crippen LogP contribution is 2.24. The predicted molar refractivity (Wildman–Crippen MR) is 97.8 cm³/mol. The minimum atomic E-state index is -4.77. The van der Waals surface area contributed by atoms with Gasteiger partial charge in [0.25, 0.3) is 5.91 Å². The Bertz CT molecular complexity index is 978. The molecule has 3 aromatic rings. The van der Waals surface area contributed by atoms with Gasteiger partial charge in [0, 0.05) is 11.3 Å². The summed E-state index contributed by atoms with van der Waals surface area (Å²) in [6, 6.07) is 11.4. The standard InChI is InChI=1S/C20H17F3N2O4/c1-12-18(13(2)29-25-12)11-27-17-5-3-4-14(10-17)19(26)24-15-6-8-16(9-7-15)28-20(21,22)23/h3-10H,11H2,1-2H3,(H,24,26). The minimum absolute atomic E-state index is 0.243. The van der Waals surface area contributed by atoms with E-state index in [-0.39, 0.29) is 12.4 Å². The van der Waals surface area contributed by atoms with E-state index in [4.69, 9.17) is 9.26 Å². The average molecular weight is 406 g/mol. The Morgan fingerprint density at radius 2 is 1.83 bits per heavy atom. The predicted octanol–water partition coefficient (Wildman–Crippen LogP) is 5.02. The summed E-state index contributed by atoms with van der Waals surface area (Å²) in [7, 11) is 0. The van der Waals surface area contributed by atoms with Crippen molar-refractivity contribution in [3.8, 4) is 11.5 Å². The first-order valence-electron chi connectivity index (χ1n) is 8.53. The lowest BCUT2D eigenvalue weighted by Crippen LogP contribution is -2.17. The summed E-state index contributed by atoms with van der Waals surface area (Å²) in [5.41, 5.74) is 2.22. The fraction of sp³-hybridized carbons (Fsp3) is 0.200. The number of rotatable bonds is 6. The number of ether oxygens (including phenoxy) is 2. The van der Waals surface area contributed by atoms with E-state index in [2.05, 4.69) is 15.2 Å². The van der Waals surface area contributed by atoms with Crippen molar-refractivity contribution in [1.29, 1.82) is 0 Å². The van der Waals surface area contributed by atoms with Crippen LogP contribution in [0.15, 0.2) is 53.1 Å². The zero-order chi connectivity index (χ0) is 21.0. The molecule has 1 N–H and O–H groups in total. The molecule has 6 nitrogen and oxygen atoms in total. The number of anilines is 1. The number of amides is 1. The summed E-state index contributed by atoms with van der Waals surface area (Å²) in [6.45, 7) is 3.84. The molecule has 0 spiro atoms. The molecule has 1 heterocycles. The number of hydrogen-bond donors (Lipinski definition) is 1. The molecule has 0 atom stereocenters. The molecule has 0 aliphatic heterocycles. The molecule has 1 aromatic heterocycles. The summed E-state index contributed by atoms with van der Waals surface area (Å²) < 4.78 is 51.2. The molecule has 0 unspecified atom stereocenters. The fourth-order valence-electron chi connectivity index (χ4n) is 2.53. The maximum absolute atomic E-state index is 12.4. The fourth-order valence-corrected chi connectivity index (χ4v) is 2.53. The molecule has 0 aliphatic rings. The van der Waals surface area contributed by atoms with E-state index < -0.39 is 12.3 Å². The first kappa shape index (κ1) is 20.2. The molecule has 0 saturated carbocycles. The number of benzene rings is 2. The van der Waals surface area contributed by atoms with Gasteiger partial charge in [-0.2, -0.15) is 0 Å². The summed E-state index contributed by atoms with van der Waals surface area (Å²) >= 11 is 0. The molecule has 0 saturated heterocycles. The smallest absolute Gasteiger partial charge is 0.489 e. The van der Waals surface area contributed by atoms with Crippen LogP contribution in [-0.2, 0) is 6.61 Å². The van der Waals surface area contributed by atoms with Gasteiger partial charge in [0.15, 0.2) is 0 Å². The van der Waals surface area contributed by atoms with Crippen LogP contribution in [0, 0.1) is 13.8 Å². The van der Waals surface area contributed by atoms with Gasteiger partial charge in [-0.05, 0) is 56.3 Å². The molecule has 2 aromatic carbocycles. The third-order valence-electron chi connectivity index (χ3n) is 4.01. The highest BCUT2D eigenvalue weighted by atomic mass is 19.4. The van der Waals surface area contributed by atoms with E-state index in [1.807, 2.05) is 6.92 Å². The van der Waals surface area contributed by atoms with Crippen LogP contribution >= 0.6 is 0 Å². The van der Waals surface area contributed by atoms with Crippen molar-refractivity contribution < 1.29 is 32.0 Å². The van der Waals surface area contributed by atoms with Crippen LogP contribution in [0.25, 0.3) is 0 Å². The van der Waals surface area contributed by atoms with Gasteiger partial charge in [-0.3, -0.25) is 4.79 Å². The second-order valence-corrected chi connectivity index (χ2v) is 6.15. The molecule has 0 aliphatic carbocycles. The van der Waals surface area contributed by atoms with Crippen LogP contribution in [0.2, 0.25) is 0 Å². The molecule has 29 heavy (non-hydrogen) atoms. The average Bonchev–Trinajstić information content (AvgIpc) is 2.98. The van der Waals surface area contributed by atoms with Gasteiger partial charge in [0.1, 0.15) is 23.9 Å². The minimum Gasteiger partial charge on any atom is -0.489 e. The molecular weight excluding hydrogens is 389 g/mol. The topological polar surface area (TPSA) is 73.6 Å². The van der Waals surface area contributed by atoms with Crippen molar-refractivity contribution in [2.24, 2.45) is 0 Å². The highest BCUT2D eigenvalue weighted by Gasteiger charge is 2.30. The Kier molecular flexibility index (Phi) is 5.76. The van der Waals surface area contributed by atoms with Crippen molar-refractivity contribution in [3.05, 3.63) is 71.1 Å². The Morgan fingerprint density at radius 3 is 2.45 bits per heavy atom. The third-order valence-corrected chi connectivity index (χ3v) is 4.01. The van der Waals surface area contributed by atoms with Crippen molar-refractivity contribution in [1.82, 2.24) is 5.16 Å². The maximum atomic E-state index is 12.4. The zero-order valence-electron chi connectivity index (χ0n) is 15.5. The van der Waals surface area contributed by atoms with E-state index in [1.54, 1.807) is 31.2 Å². The third kappa shape index (κ3) is 5.50. The van der Waals surface area contributed by atoms with Gasteiger partial charge in [0.05, 0.1) is 11.3 Å². The monoisotopic (exact) mass is 406 g/mol. The highest BCUT2D eigenvalue weighted by molar-refractivity contribution is 6.04. The van der Waals surface area contributed by atoms with Crippen LogP contribution in [0.1, 0.15) is 27.4 Å². The molecule has 0 bridgehead atoms. The first-order valence-corrected chi connectivity index (χ1v) is 8.53. The second-order valence-electron chi connectivity index (χ2n) is 6.15. The number of nitrogens with one attached hydrogen (secondary N) is 1. The van der Waals surface area contributed by atoms with Crippen molar-refractivity contribution in [3.63, 3.8) is 0 Å². The van der Waals surface area contributed by atoms with Crippen LogP contribution in [0.3, 0.4) is 0 Å². The van der Waals surface area contributed by atoms with Gasteiger partial charge in [-0.15, -0.1) is 13.2 Å². The zero-order valence-corrected chi connectivity index (χ0v) is 15.5. The Balaban J connectivity index is 1.63. The van der Waals surface area contributed by atoms with Gasteiger partial charge in [0.2, 0.25) is 0 Å². The number of aromatic nitrogens is 1. The quantitative estimate of drug-likeness (QED) is 0.622. The van der Waals surface area contributed by atoms with Crippen molar-refractivity contribution in [2.45, 2.75) is 26.8 Å². The lowest BCUT2D eigenvalue weighted by Gasteiger charge is -2.11. The van der Waals surface area contributed by atoms with E-state index in [9.17, 15) is 18.0 Å². The lowest BCUT2D eigenvalue weighted by atomic mass is 10.2. The van der Waals surface area contributed by atoms with Gasteiger partial charge >= 0.3 is 6.36 Å². The van der Waals surface area contributed by atoms with E-state index in [1.165, 1.54) is 12.1 Å². The molecular formula is C20H17F3N2O4. The number of halogens is 3. The first-order chi connectivity index (χ1) is 13.7. The molecule has 152 valence electrons. The van der Waals surface area contributed by atoms with Crippen LogP contribution < -0.4 is 14.8 Å². The summed E-state index contributed by atoms with van der Waals surface area (Å²) in [5.74, 6) is 0.337. The Hall–Kier alpha value is -3.49. The lowest BCUT2D eigenvalue weighted by molar-refractivity contribution is -0.274. The van der Waals surface area contributed by atoms with Crippen molar-refractivity contribution >= 4 is 11.6 Å². The number of alkyl halides is 3. The number of carbonyl (C=O) groups is 1. The van der Waals surface area contributed by atoms with E-state index in [0.717, 1.165) is 23.4 Å². The molecule has 9 heteroatoms. The summed E-state index contributed by atoms with van der Waals surface area (Å²) in [5, 5.41) is 6.46. The number of hydrogen-bond acceptors (Lipinski definition) is 5. The van der Waals surface area contributed by atoms with Crippen LogP contribution in [-0.4, -0.2) is 17.4 Å². The van der Waals surface area contributed by atoms with Gasteiger partial charge < -0.3 is 19.3 Å². The molecule has 1 amide bonds. The number of aryl methyl sites for hydroxylation is 2. The normalized spacial score (nSPS) is 11.2. The summed E-state index contributed by atoms with van der Waals surface area (Å²) in [6.07, 6.45) is -4.77. The largest absolute Gasteiger partial charge is 0.573 e. The number of nitrogens with zero attached hydrogens (tertiary/aromatic N) is 1. The van der Waals surface area contributed by atoms with Crippen LogP contribution in [0.4, 0.5) is 18.9 Å². The molecule has 3 rings (SSSR count). The van der Waals surface area contributed by atoms with Gasteiger partial charge in [-0.1, -0.05) is 11.2 Å². The van der Waals surface area contributed by atoms with E-state index >= 15 is 0 Å². The Labute approximate surface area is 164 Å².